The van der Waals surface area contributed by atoms with Crippen LogP contribution in [0.15, 0.2) is 0 Å². The Morgan fingerprint density at radius 3 is 0.438 bits per heavy atom. The molecule has 0 spiro atoms. The van der Waals surface area contributed by atoms with Crippen molar-refractivity contribution < 1.29 is 18.6 Å². The summed E-state index contributed by atoms with van der Waals surface area (Å²) in [6.07, 6.45) is 0. The number of hydrogen-bond acceptors (Lipinski definition) is 0. The zero-order chi connectivity index (χ0) is 13.5. The number of hydrogen-bond donors (Lipinski definition) is 0. The molecule has 101 valence electrons. The van der Waals surface area contributed by atoms with Crippen LogP contribution < -0.4 is 0 Å². The Morgan fingerprint density at radius 1 is 0.438 bits per heavy atom. The molecule has 0 amide bonds. The standard InChI is InChI=1S/3C4H11Si.V/c3*1-5(2,3)4;/h3*1H2,2-4H3;/q3*-1;. The van der Waals surface area contributed by atoms with Crippen molar-refractivity contribution in [2.24, 2.45) is 0 Å². The monoisotopic (exact) mass is 312 g/mol. The normalized spacial score (nSPS) is 11.2. The van der Waals surface area contributed by atoms with Gasteiger partial charge < -0.3 is 19.6 Å². The molecule has 0 aliphatic rings. The second kappa shape index (κ2) is 10.2. The molecule has 4 heteroatoms. The fourth-order valence-corrected chi connectivity index (χ4v) is 0. The molecule has 0 aromatic carbocycles. The van der Waals surface area contributed by atoms with Crippen molar-refractivity contribution >= 4 is 24.2 Å². The van der Waals surface area contributed by atoms with Crippen LogP contribution >= 0.6 is 0 Å². The van der Waals surface area contributed by atoms with Gasteiger partial charge in [0.2, 0.25) is 0 Å². The van der Waals surface area contributed by atoms with Gasteiger partial charge in [0.25, 0.3) is 0 Å². The Kier molecular flexibility index (Phi) is 16.5. The number of rotatable bonds is 0. The van der Waals surface area contributed by atoms with Crippen LogP contribution in [0.2, 0.25) is 58.9 Å². The minimum atomic E-state index is -0.861. The average Bonchev–Trinajstić information content (AvgIpc) is 1.41. The first-order valence-corrected chi connectivity index (χ1v) is 16.7. The van der Waals surface area contributed by atoms with Gasteiger partial charge in [-0.1, -0.05) is 58.9 Å². The third kappa shape index (κ3) is 2020. The van der Waals surface area contributed by atoms with Crippen molar-refractivity contribution in [1.82, 2.24) is 0 Å². The quantitative estimate of drug-likeness (QED) is 0.431. The van der Waals surface area contributed by atoms with Gasteiger partial charge in [0.05, 0.1) is 0 Å². The zero-order valence-corrected chi connectivity index (χ0v) is 17.5. The van der Waals surface area contributed by atoms with E-state index in [4.69, 9.17) is 0 Å². The zero-order valence-electron chi connectivity index (χ0n) is 13.1. The molecule has 0 bridgehead atoms. The smallest absolute Gasteiger partial charge is 0 e. The van der Waals surface area contributed by atoms with Crippen molar-refractivity contribution in [3.05, 3.63) is 19.6 Å². The van der Waals surface area contributed by atoms with Crippen molar-refractivity contribution in [1.29, 1.82) is 0 Å². The molecule has 0 fully saturated rings. The van der Waals surface area contributed by atoms with E-state index in [1.807, 2.05) is 0 Å². The third-order valence-electron chi connectivity index (χ3n) is 0. The van der Waals surface area contributed by atoms with Crippen LogP contribution in [0.3, 0.4) is 0 Å². The van der Waals surface area contributed by atoms with Crippen LogP contribution in [0.4, 0.5) is 0 Å². The molecule has 0 nitrogen and oxygen atoms in total. The van der Waals surface area contributed by atoms with E-state index in [0.717, 1.165) is 0 Å². The predicted octanol–water partition coefficient (Wildman–Crippen LogP) is 5.09. The van der Waals surface area contributed by atoms with E-state index in [1.54, 1.807) is 0 Å². The Morgan fingerprint density at radius 2 is 0.438 bits per heavy atom. The van der Waals surface area contributed by atoms with Crippen molar-refractivity contribution in [3.63, 3.8) is 0 Å². The molecule has 0 atom stereocenters. The van der Waals surface area contributed by atoms with Crippen LogP contribution in [0, 0.1) is 19.6 Å². The summed E-state index contributed by atoms with van der Waals surface area (Å²) in [6.45, 7) is 31.7. The van der Waals surface area contributed by atoms with Gasteiger partial charge >= 0.3 is 0 Å². The molecule has 0 unspecified atom stereocenters. The van der Waals surface area contributed by atoms with Crippen LogP contribution in [0.25, 0.3) is 0 Å². The molecule has 16 heavy (non-hydrogen) atoms. The van der Waals surface area contributed by atoms with E-state index in [9.17, 15) is 0 Å². The molecule has 0 N–H and O–H groups in total. The maximum absolute atomic E-state index is 3.91. The summed E-state index contributed by atoms with van der Waals surface area (Å²) in [6, 6.07) is 0. The van der Waals surface area contributed by atoms with Gasteiger partial charge in [-0.2, -0.15) is 0 Å². The summed E-state index contributed by atoms with van der Waals surface area (Å²) in [4.78, 5) is 0. The van der Waals surface area contributed by atoms with Crippen LogP contribution in [-0.2, 0) is 18.6 Å². The molecule has 0 saturated heterocycles. The predicted molar refractivity (Wildman–Crippen MR) is 86.1 cm³/mol. The van der Waals surface area contributed by atoms with Gasteiger partial charge in [0.15, 0.2) is 0 Å². The summed E-state index contributed by atoms with van der Waals surface area (Å²) in [5, 5.41) is 0. The maximum Gasteiger partial charge on any atom is 0 e. The molecule has 0 saturated carbocycles. The molecular weight excluding hydrogens is 279 g/mol. The van der Waals surface area contributed by atoms with Gasteiger partial charge in [0, 0.05) is 18.6 Å². The SMILES string of the molecule is [CH2-][Si](C)(C)C.[CH2-][Si](C)(C)C.[CH2-][Si](C)(C)C.[V]. The minimum Gasteiger partial charge on any atom is -0.342 e. The fraction of sp³-hybridized carbons (Fsp3) is 0.750. The van der Waals surface area contributed by atoms with E-state index in [1.165, 1.54) is 0 Å². The Balaban J connectivity index is -0.0000000655. The molecule has 0 aromatic rings. The molecule has 0 rings (SSSR count). The van der Waals surface area contributed by atoms with Crippen LogP contribution in [0.1, 0.15) is 0 Å². The molecular formula is C12H33Si3V-3. The van der Waals surface area contributed by atoms with Gasteiger partial charge in [-0.15, -0.1) is 24.2 Å². The largest absolute Gasteiger partial charge is 0.342 e. The van der Waals surface area contributed by atoms with Crippen LogP contribution in [0.5, 0.6) is 0 Å². The van der Waals surface area contributed by atoms with Crippen LogP contribution in [-0.4, -0.2) is 24.2 Å². The van der Waals surface area contributed by atoms with Gasteiger partial charge in [-0.25, -0.2) is 0 Å². The Labute approximate surface area is 121 Å². The van der Waals surface area contributed by atoms with Crippen molar-refractivity contribution in [2.45, 2.75) is 58.9 Å². The summed E-state index contributed by atoms with van der Waals surface area (Å²) < 4.78 is 0. The second-order valence-corrected chi connectivity index (χ2v) is 23.0. The molecule has 0 heterocycles. The average molecular weight is 313 g/mol. The van der Waals surface area contributed by atoms with E-state index in [0.29, 0.717) is 0 Å². The molecule has 0 aliphatic carbocycles. The van der Waals surface area contributed by atoms with E-state index in [-0.39, 0.29) is 18.6 Å². The van der Waals surface area contributed by atoms with Gasteiger partial charge in [-0.3, -0.25) is 0 Å². The first kappa shape index (κ1) is 25.9. The van der Waals surface area contributed by atoms with E-state index < -0.39 is 24.2 Å². The summed E-state index contributed by atoms with van der Waals surface area (Å²) in [7, 11) is -2.58. The van der Waals surface area contributed by atoms with Crippen molar-refractivity contribution in [3.8, 4) is 0 Å². The first-order valence-electron chi connectivity index (χ1n) is 5.56. The molecule has 0 aromatic heterocycles. The summed E-state index contributed by atoms with van der Waals surface area (Å²) >= 11 is 0. The third-order valence-corrected chi connectivity index (χ3v) is 0. The minimum absolute atomic E-state index is 0. The molecule has 0 aliphatic heterocycles. The maximum atomic E-state index is 3.91. The topological polar surface area (TPSA) is 0 Å². The second-order valence-electron chi connectivity index (χ2n) is 7.68. The molecule has 1 radical (unpaired) electrons. The first-order chi connectivity index (χ1) is 6.00. The van der Waals surface area contributed by atoms with E-state index in [2.05, 4.69) is 78.6 Å². The Bertz CT molecular complexity index is 91.3. The van der Waals surface area contributed by atoms with E-state index >= 15 is 0 Å². The summed E-state index contributed by atoms with van der Waals surface area (Å²) in [5.74, 6) is 0. The Hall–Kier alpha value is 1.24. The van der Waals surface area contributed by atoms with Gasteiger partial charge in [0.1, 0.15) is 0 Å². The van der Waals surface area contributed by atoms with Gasteiger partial charge in [-0.05, 0) is 0 Å². The fourth-order valence-electron chi connectivity index (χ4n) is 0. The summed E-state index contributed by atoms with van der Waals surface area (Å²) in [5.41, 5.74) is 0. The van der Waals surface area contributed by atoms with Crippen molar-refractivity contribution in [2.75, 3.05) is 0 Å².